The van der Waals surface area contributed by atoms with Crippen LogP contribution in [0.2, 0.25) is 0 Å². The molecule has 1 aliphatic heterocycles. The third-order valence-electron chi connectivity index (χ3n) is 5.62. The van der Waals surface area contributed by atoms with Gasteiger partial charge in [-0.15, -0.1) is 10.2 Å². The topological polar surface area (TPSA) is 75.4 Å². The van der Waals surface area contributed by atoms with Crippen molar-refractivity contribution in [1.82, 2.24) is 30.0 Å². The maximum atomic E-state index is 13.0. The molecule has 29 heavy (non-hydrogen) atoms. The number of hydrogen-bond acceptors (Lipinski definition) is 5. The highest BCUT2D eigenvalue weighted by Gasteiger charge is 2.23. The van der Waals surface area contributed by atoms with Gasteiger partial charge in [0.2, 0.25) is 0 Å². The van der Waals surface area contributed by atoms with E-state index in [1.165, 1.54) is 24.8 Å². The first-order valence-electron chi connectivity index (χ1n) is 10.4. The summed E-state index contributed by atoms with van der Waals surface area (Å²) >= 11 is 0. The Balaban J connectivity index is 1.54. The van der Waals surface area contributed by atoms with Crippen molar-refractivity contribution in [3.05, 3.63) is 59.5 Å². The summed E-state index contributed by atoms with van der Waals surface area (Å²) in [5.41, 5.74) is 3.30. The van der Waals surface area contributed by atoms with Gasteiger partial charge >= 0.3 is 0 Å². The van der Waals surface area contributed by atoms with Gasteiger partial charge < -0.3 is 5.32 Å². The molecule has 0 aliphatic carbocycles. The Morgan fingerprint density at radius 1 is 1.14 bits per heavy atom. The number of amides is 1. The number of nitrogens with zero attached hydrogens (tertiary/aromatic N) is 5. The van der Waals surface area contributed by atoms with Crippen molar-refractivity contribution in [2.75, 3.05) is 19.6 Å². The van der Waals surface area contributed by atoms with Crippen molar-refractivity contribution >= 4 is 11.6 Å². The Labute approximate surface area is 171 Å². The van der Waals surface area contributed by atoms with Gasteiger partial charge in [0, 0.05) is 12.1 Å². The highest BCUT2D eigenvalue weighted by molar-refractivity contribution is 5.92. The highest BCUT2D eigenvalue weighted by atomic mass is 16.1. The minimum absolute atomic E-state index is 0.166. The van der Waals surface area contributed by atoms with E-state index in [-0.39, 0.29) is 17.9 Å². The number of rotatable bonds is 6. The maximum Gasteiger partial charge on any atom is 0.271 e. The molecule has 1 N–H and O–H groups in total. The van der Waals surface area contributed by atoms with E-state index in [0.717, 1.165) is 18.7 Å². The van der Waals surface area contributed by atoms with Gasteiger partial charge in [0.15, 0.2) is 5.65 Å². The molecule has 3 aromatic rings. The van der Waals surface area contributed by atoms with Crippen LogP contribution in [0, 0.1) is 0 Å². The molecule has 1 fully saturated rings. The predicted octanol–water partition coefficient (Wildman–Crippen LogP) is 3.20. The van der Waals surface area contributed by atoms with Gasteiger partial charge in [-0.1, -0.05) is 50.6 Å². The van der Waals surface area contributed by atoms with Gasteiger partial charge in [-0.3, -0.25) is 9.69 Å². The molecule has 1 aliphatic rings. The Morgan fingerprint density at radius 2 is 1.90 bits per heavy atom. The standard InChI is InChI=1S/C22H28N6O/c1-16(2)18-13-19(26-28-15-24-25-21(18)28)22(29)23-14-20(17-9-5-3-6-10-17)27-11-7-4-8-12-27/h3,5-6,9-10,13,15-16,20H,4,7-8,11-12,14H2,1-2H3,(H,23,29)/t20-/m1/s1. The lowest BCUT2D eigenvalue weighted by Gasteiger charge is -2.35. The first kappa shape index (κ1) is 19.5. The molecule has 1 amide bonds. The monoisotopic (exact) mass is 392 g/mol. The predicted molar refractivity (Wildman–Crippen MR) is 112 cm³/mol. The van der Waals surface area contributed by atoms with Gasteiger partial charge in [-0.2, -0.15) is 9.61 Å². The van der Waals surface area contributed by atoms with Crippen molar-refractivity contribution in [2.45, 2.75) is 45.1 Å². The van der Waals surface area contributed by atoms with Crippen LogP contribution >= 0.6 is 0 Å². The van der Waals surface area contributed by atoms with Gasteiger partial charge in [0.05, 0.1) is 6.04 Å². The molecule has 0 unspecified atom stereocenters. The quantitative estimate of drug-likeness (QED) is 0.697. The fourth-order valence-electron chi connectivity index (χ4n) is 4.03. The molecule has 7 heteroatoms. The van der Waals surface area contributed by atoms with Crippen LogP contribution in [-0.2, 0) is 0 Å². The lowest BCUT2D eigenvalue weighted by atomic mass is 10.0. The van der Waals surface area contributed by atoms with Crippen LogP contribution < -0.4 is 5.32 Å². The zero-order valence-corrected chi connectivity index (χ0v) is 17.1. The van der Waals surface area contributed by atoms with Crippen LogP contribution in [0.15, 0.2) is 42.7 Å². The number of likely N-dealkylation sites (tertiary alicyclic amines) is 1. The van der Waals surface area contributed by atoms with Gasteiger partial charge in [-0.05, 0) is 43.5 Å². The van der Waals surface area contributed by atoms with Crippen molar-refractivity contribution in [1.29, 1.82) is 0 Å². The summed E-state index contributed by atoms with van der Waals surface area (Å²) in [5.74, 6) is 0.0575. The van der Waals surface area contributed by atoms with E-state index in [1.54, 1.807) is 10.8 Å². The maximum absolute atomic E-state index is 13.0. The first-order chi connectivity index (χ1) is 14.1. The summed E-state index contributed by atoms with van der Waals surface area (Å²) in [6.07, 6.45) is 5.24. The zero-order chi connectivity index (χ0) is 20.2. The third kappa shape index (κ3) is 4.29. The summed E-state index contributed by atoms with van der Waals surface area (Å²) in [6.45, 7) is 6.85. The Kier molecular flexibility index (Phi) is 5.85. The molecular weight excluding hydrogens is 364 g/mol. The molecule has 0 spiro atoms. The molecular formula is C22H28N6O. The van der Waals surface area contributed by atoms with E-state index in [0.29, 0.717) is 17.9 Å². The molecule has 1 atom stereocenters. The van der Waals surface area contributed by atoms with Crippen molar-refractivity contribution in [3.8, 4) is 0 Å². The molecule has 0 radical (unpaired) electrons. The fourth-order valence-corrected chi connectivity index (χ4v) is 4.03. The molecule has 1 saturated heterocycles. The SMILES string of the molecule is CC(C)c1cc(C(=O)NC[C@H](c2ccccc2)N2CCCCC2)nn2cnnc12. The second-order valence-corrected chi connectivity index (χ2v) is 7.97. The van der Waals surface area contributed by atoms with Crippen LogP contribution in [-0.4, -0.2) is 50.3 Å². The molecule has 0 saturated carbocycles. The van der Waals surface area contributed by atoms with Crippen molar-refractivity contribution in [3.63, 3.8) is 0 Å². The Morgan fingerprint density at radius 3 is 2.62 bits per heavy atom. The third-order valence-corrected chi connectivity index (χ3v) is 5.62. The van der Waals surface area contributed by atoms with Crippen molar-refractivity contribution in [2.24, 2.45) is 0 Å². The second-order valence-electron chi connectivity index (χ2n) is 7.97. The van der Waals surface area contributed by atoms with Crippen LogP contribution in [0.25, 0.3) is 5.65 Å². The number of aromatic nitrogens is 4. The smallest absolute Gasteiger partial charge is 0.271 e. The summed E-state index contributed by atoms with van der Waals surface area (Å²) in [6, 6.07) is 12.4. The number of hydrogen-bond donors (Lipinski definition) is 1. The van der Waals surface area contributed by atoms with Gasteiger partial charge in [-0.25, -0.2) is 0 Å². The molecule has 152 valence electrons. The van der Waals surface area contributed by atoms with Crippen LogP contribution in [0.3, 0.4) is 0 Å². The van der Waals surface area contributed by atoms with Crippen molar-refractivity contribution < 1.29 is 4.79 Å². The lowest BCUT2D eigenvalue weighted by Crippen LogP contribution is -2.40. The Bertz CT molecular complexity index is 962. The molecule has 1 aromatic carbocycles. The molecule has 0 bridgehead atoms. The van der Waals surface area contributed by atoms with E-state index < -0.39 is 0 Å². The zero-order valence-electron chi connectivity index (χ0n) is 17.1. The summed E-state index contributed by atoms with van der Waals surface area (Å²) in [4.78, 5) is 15.4. The first-order valence-corrected chi connectivity index (χ1v) is 10.4. The average Bonchev–Trinajstić information content (AvgIpc) is 3.23. The second kappa shape index (κ2) is 8.69. The highest BCUT2D eigenvalue weighted by Crippen LogP contribution is 2.24. The van der Waals surface area contributed by atoms with E-state index in [4.69, 9.17) is 0 Å². The summed E-state index contributed by atoms with van der Waals surface area (Å²) in [5, 5.41) is 15.6. The molecule has 7 nitrogen and oxygen atoms in total. The molecule has 2 aromatic heterocycles. The minimum Gasteiger partial charge on any atom is -0.349 e. The lowest BCUT2D eigenvalue weighted by molar-refractivity contribution is 0.0918. The number of fused-ring (bicyclic) bond motifs is 1. The Hall–Kier alpha value is -2.80. The molecule has 4 rings (SSSR count). The minimum atomic E-state index is -0.166. The number of carbonyl (C=O) groups excluding carboxylic acids is 1. The van der Waals surface area contributed by atoms with Crippen LogP contribution in [0.5, 0.6) is 0 Å². The molecule has 3 heterocycles. The van der Waals surface area contributed by atoms with E-state index in [2.05, 4.69) is 63.6 Å². The van der Waals surface area contributed by atoms with E-state index >= 15 is 0 Å². The van der Waals surface area contributed by atoms with E-state index in [1.807, 2.05) is 12.1 Å². The van der Waals surface area contributed by atoms with Gasteiger partial charge in [0.25, 0.3) is 5.91 Å². The number of carbonyl (C=O) groups is 1. The number of piperidine rings is 1. The summed E-state index contributed by atoms with van der Waals surface area (Å²) in [7, 11) is 0. The normalized spacial score (nSPS) is 16.2. The average molecular weight is 393 g/mol. The summed E-state index contributed by atoms with van der Waals surface area (Å²) < 4.78 is 1.59. The van der Waals surface area contributed by atoms with Crippen LogP contribution in [0.1, 0.15) is 66.7 Å². The van der Waals surface area contributed by atoms with Gasteiger partial charge in [0.1, 0.15) is 12.0 Å². The largest absolute Gasteiger partial charge is 0.349 e. The fraction of sp³-hybridized carbons (Fsp3) is 0.455. The van der Waals surface area contributed by atoms with Crippen LogP contribution in [0.4, 0.5) is 0 Å². The van der Waals surface area contributed by atoms with E-state index in [9.17, 15) is 4.79 Å². The number of benzene rings is 1. The number of nitrogens with one attached hydrogen (secondary N) is 1.